The first-order chi connectivity index (χ1) is 20.0. The number of hydrogen-bond donors (Lipinski definition) is 1. The summed E-state index contributed by atoms with van der Waals surface area (Å²) in [5, 5.41) is 3.58. The van der Waals surface area contributed by atoms with Gasteiger partial charge in [-0.15, -0.1) is 0 Å². The molecule has 10 heteroatoms. The highest BCUT2D eigenvalue weighted by Crippen LogP contribution is 2.30. The smallest absolute Gasteiger partial charge is 0.243 e. The molecule has 2 amide bonds. The van der Waals surface area contributed by atoms with Crippen molar-refractivity contribution >= 4 is 39.1 Å². The largest absolute Gasteiger partial charge is 0.495 e. The Labute approximate surface area is 254 Å². The lowest BCUT2D eigenvalue weighted by Gasteiger charge is -2.33. The van der Waals surface area contributed by atoms with Gasteiger partial charge in [0.2, 0.25) is 21.8 Å². The fourth-order valence-electron chi connectivity index (χ4n) is 4.65. The maximum Gasteiger partial charge on any atom is 0.243 e. The normalized spacial score (nSPS) is 12.7. The van der Waals surface area contributed by atoms with Gasteiger partial charge in [-0.2, -0.15) is 0 Å². The Hall–Kier alpha value is -3.56. The van der Waals surface area contributed by atoms with E-state index in [-0.39, 0.29) is 43.8 Å². The van der Waals surface area contributed by atoms with E-state index in [1.165, 1.54) is 11.4 Å². The van der Waals surface area contributed by atoms with Crippen molar-refractivity contribution in [3.05, 3.63) is 95.0 Å². The average Bonchev–Trinajstić information content (AvgIpc) is 2.96. The van der Waals surface area contributed by atoms with Crippen molar-refractivity contribution in [1.82, 2.24) is 10.2 Å². The predicted octanol–water partition coefficient (Wildman–Crippen LogP) is 5.45. The number of carbonyl (C=O) groups is 2. The highest BCUT2D eigenvalue weighted by atomic mass is 35.5. The number of methoxy groups -OCH3 is 1. The zero-order chi connectivity index (χ0) is 30.7. The lowest BCUT2D eigenvalue weighted by molar-refractivity contribution is -0.141. The Morgan fingerprint density at radius 1 is 0.976 bits per heavy atom. The van der Waals surface area contributed by atoms with Crippen LogP contribution in [0.5, 0.6) is 5.75 Å². The number of hydrogen-bond acceptors (Lipinski definition) is 5. The minimum Gasteiger partial charge on any atom is -0.495 e. The zero-order valence-electron chi connectivity index (χ0n) is 24.6. The van der Waals surface area contributed by atoms with Crippen LogP contribution in [0.2, 0.25) is 5.02 Å². The van der Waals surface area contributed by atoms with Crippen LogP contribution in [-0.2, 0) is 32.6 Å². The van der Waals surface area contributed by atoms with Crippen molar-refractivity contribution in [2.24, 2.45) is 0 Å². The first kappa shape index (κ1) is 32.9. The molecule has 0 fully saturated rings. The van der Waals surface area contributed by atoms with Gasteiger partial charge in [0.05, 0.1) is 19.1 Å². The number of amides is 2. The summed E-state index contributed by atoms with van der Waals surface area (Å²) in [7, 11) is -2.18. The van der Waals surface area contributed by atoms with Gasteiger partial charge in [0.25, 0.3) is 0 Å². The lowest BCUT2D eigenvalue weighted by atomic mass is 10.0. The van der Waals surface area contributed by atoms with Crippen molar-refractivity contribution in [2.75, 3.05) is 24.2 Å². The molecule has 226 valence electrons. The second-order valence-corrected chi connectivity index (χ2v) is 12.6. The molecule has 0 heterocycles. The molecule has 0 aliphatic carbocycles. The van der Waals surface area contributed by atoms with E-state index in [9.17, 15) is 18.0 Å². The SMILES string of the molecule is CC[C@H](C)NC(=O)[C@@H](Cc1ccccc1)N(Cc1cccc(Cl)c1)C(=O)CCCN(c1ccccc1OC)S(C)(=O)=O. The Kier molecular flexibility index (Phi) is 12.2. The summed E-state index contributed by atoms with van der Waals surface area (Å²) in [5.74, 6) is -0.0828. The van der Waals surface area contributed by atoms with E-state index in [0.717, 1.165) is 23.8 Å². The molecule has 3 rings (SSSR count). The van der Waals surface area contributed by atoms with Crippen LogP contribution >= 0.6 is 11.6 Å². The van der Waals surface area contributed by atoms with Crippen molar-refractivity contribution in [1.29, 1.82) is 0 Å². The molecule has 0 aliphatic rings. The molecule has 3 aromatic carbocycles. The summed E-state index contributed by atoms with van der Waals surface area (Å²) in [6.07, 6.45) is 2.47. The number of ether oxygens (including phenoxy) is 1. The van der Waals surface area contributed by atoms with Crippen LogP contribution < -0.4 is 14.4 Å². The summed E-state index contributed by atoms with van der Waals surface area (Å²) in [6.45, 7) is 4.16. The fraction of sp³-hybridized carbons (Fsp3) is 0.375. The van der Waals surface area contributed by atoms with E-state index >= 15 is 0 Å². The first-order valence-electron chi connectivity index (χ1n) is 14.0. The van der Waals surface area contributed by atoms with Crippen molar-refractivity contribution in [3.8, 4) is 5.75 Å². The van der Waals surface area contributed by atoms with Gasteiger partial charge in [-0.3, -0.25) is 13.9 Å². The predicted molar refractivity (Wildman–Crippen MR) is 168 cm³/mol. The van der Waals surface area contributed by atoms with Crippen LogP contribution in [0.4, 0.5) is 5.69 Å². The lowest BCUT2D eigenvalue weighted by Crippen LogP contribution is -2.52. The summed E-state index contributed by atoms with van der Waals surface area (Å²) < 4.78 is 32.1. The maximum absolute atomic E-state index is 13.9. The molecule has 1 N–H and O–H groups in total. The Morgan fingerprint density at radius 3 is 2.29 bits per heavy atom. The van der Waals surface area contributed by atoms with Crippen molar-refractivity contribution in [3.63, 3.8) is 0 Å². The van der Waals surface area contributed by atoms with Gasteiger partial charge >= 0.3 is 0 Å². The molecule has 0 aromatic heterocycles. The van der Waals surface area contributed by atoms with Crippen LogP contribution in [0, 0.1) is 0 Å². The van der Waals surface area contributed by atoms with Crippen molar-refractivity contribution < 1.29 is 22.7 Å². The van der Waals surface area contributed by atoms with E-state index in [0.29, 0.717) is 22.9 Å². The molecular weight excluding hydrogens is 574 g/mol. The summed E-state index contributed by atoms with van der Waals surface area (Å²) in [5.41, 5.74) is 2.11. The molecule has 2 atom stereocenters. The summed E-state index contributed by atoms with van der Waals surface area (Å²) in [4.78, 5) is 29.2. The van der Waals surface area contributed by atoms with Gasteiger partial charge in [-0.25, -0.2) is 8.42 Å². The molecule has 0 saturated heterocycles. The second-order valence-electron chi connectivity index (χ2n) is 10.3. The van der Waals surface area contributed by atoms with E-state index in [1.807, 2.05) is 56.3 Å². The maximum atomic E-state index is 13.9. The molecular formula is C32H40ClN3O5S. The molecule has 42 heavy (non-hydrogen) atoms. The number of halogens is 1. The van der Waals surface area contributed by atoms with Gasteiger partial charge in [-0.1, -0.05) is 73.1 Å². The summed E-state index contributed by atoms with van der Waals surface area (Å²) in [6, 6.07) is 22.8. The molecule has 8 nitrogen and oxygen atoms in total. The summed E-state index contributed by atoms with van der Waals surface area (Å²) >= 11 is 6.26. The number of nitrogens with zero attached hydrogens (tertiary/aromatic N) is 2. The fourth-order valence-corrected chi connectivity index (χ4v) is 5.83. The van der Waals surface area contributed by atoms with Crippen LogP contribution in [0.1, 0.15) is 44.2 Å². The Bertz CT molecular complexity index is 1430. The number of rotatable bonds is 15. The van der Waals surface area contributed by atoms with Crippen molar-refractivity contribution in [2.45, 2.75) is 58.2 Å². The van der Waals surface area contributed by atoms with E-state index < -0.39 is 16.1 Å². The van der Waals surface area contributed by atoms with Crippen LogP contribution in [0.15, 0.2) is 78.9 Å². The van der Waals surface area contributed by atoms with Gasteiger partial charge in [0.1, 0.15) is 11.8 Å². The minimum absolute atomic E-state index is 0.0314. The highest BCUT2D eigenvalue weighted by molar-refractivity contribution is 7.92. The number of nitrogens with one attached hydrogen (secondary N) is 1. The van der Waals surface area contributed by atoms with E-state index in [4.69, 9.17) is 16.3 Å². The molecule has 3 aromatic rings. The topological polar surface area (TPSA) is 96.0 Å². The standard InChI is InChI=1S/C32H40ClN3O5S/c1-5-24(2)34-32(38)29(22-25-13-7-6-8-14-25)35(23-26-15-11-16-27(33)21-26)31(37)19-12-20-36(42(4,39)40)28-17-9-10-18-30(28)41-3/h6-11,13-18,21,24,29H,5,12,19-20,22-23H2,1-4H3,(H,34,38)/t24-,29+/m0/s1. The molecule has 0 spiro atoms. The van der Waals surface area contributed by atoms with Gasteiger partial charge in [0, 0.05) is 37.0 Å². The Morgan fingerprint density at radius 2 is 1.64 bits per heavy atom. The average molecular weight is 614 g/mol. The quantitative estimate of drug-likeness (QED) is 0.246. The van der Waals surface area contributed by atoms with Crippen LogP contribution in [0.25, 0.3) is 0 Å². The van der Waals surface area contributed by atoms with Crippen LogP contribution in [-0.4, -0.2) is 57.1 Å². The second kappa shape index (κ2) is 15.6. The number of anilines is 1. The van der Waals surface area contributed by atoms with Gasteiger partial charge < -0.3 is 15.0 Å². The molecule has 0 bridgehead atoms. The third kappa shape index (κ3) is 9.49. The number of carbonyl (C=O) groups excluding carboxylic acids is 2. The molecule has 0 radical (unpaired) electrons. The third-order valence-electron chi connectivity index (χ3n) is 7.02. The van der Waals surface area contributed by atoms with E-state index in [2.05, 4.69) is 5.32 Å². The minimum atomic E-state index is -3.66. The Balaban J connectivity index is 1.91. The van der Waals surface area contributed by atoms with Gasteiger partial charge in [-0.05, 0) is 55.2 Å². The first-order valence-corrected chi connectivity index (χ1v) is 16.2. The number of para-hydroxylation sites is 2. The highest BCUT2D eigenvalue weighted by Gasteiger charge is 2.31. The molecule has 0 unspecified atom stereocenters. The third-order valence-corrected chi connectivity index (χ3v) is 8.44. The number of benzene rings is 3. The van der Waals surface area contributed by atoms with Crippen LogP contribution in [0.3, 0.4) is 0 Å². The zero-order valence-corrected chi connectivity index (χ0v) is 26.2. The van der Waals surface area contributed by atoms with E-state index in [1.54, 1.807) is 41.3 Å². The molecule has 0 saturated carbocycles. The molecule has 0 aliphatic heterocycles. The van der Waals surface area contributed by atoms with Gasteiger partial charge in [0.15, 0.2) is 0 Å². The monoisotopic (exact) mass is 613 g/mol. The number of sulfonamides is 1.